The Kier molecular flexibility index (Phi) is 4.35. The van der Waals surface area contributed by atoms with E-state index in [1.165, 1.54) is 6.20 Å². The number of hydrogen-bond acceptors (Lipinski definition) is 4. The SMILES string of the molecule is N#Cc1ccc(/C=N\Nc2ncc(Cl)cc2Cl)cc1. The fourth-order valence-corrected chi connectivity index (χ4v) is 1.73. The molecule has 2 rings (SSSR count). The molecule has 1 N–H and O–H groups in total. The van der Waals surface area contributed by atoms with Crippen LogP contribution in [0.5, 0.6) is 0 Å². The summed E-state index contributed by atoms with van der Waals surface area (Å²) >= 11 is 11.7. The van der Waals surface area contributed by atoms with E-state index in [1.807, 2.05) is 6.07 Å². The van der Waals surface area contributed by atoms with Gasteiger partial charge in [0.05, 0.1) is 27.9 Å². The smallest absolute Gasteiger partial charge is 0.165 e. The molecule has 1 aromatic heterocycles. The highest BCUT2D eigenvalue weighted by atomic mass is 35.5. The Morgan fingerprint density at radius 3 is 2.63 bits per heavy atom. The van der Waals surface area contributed by atoms with Crippen LogP contribution in [-0.4, -0.2) is 11.2 Å². The largest absolute Gasteiger partial charge is 0.260 e. The van der Waals surface area contributed by atoms with E-state index in [0.717, 1.165) is 5.56 Å². The molecular formula is C13H8Cl2N4. The molecule has 0 spiro atoms. The number of halogens is 2. The van der Waals surface area contributed by atoms with Gasteiger partial charge in [-0.15, -0.1) is 0 Å². The molecule has 94 valence electrons. The lowest BCUT2D eigenvalue weighted by atomic mass is 10.2. The summed E-state index contributed by atoms with van der Waals surface area (Å²) in [5, 5.41) is 13.5. The highest BCUT2D eigenvalue weighted by Gasteiger charge is 2.00. The van der Waals surface area contributed by atoms with Crippen molar-refractivity contribution in [3.63, 3.8) is 0 Å². The van der Waals surface area contributed by atoms with Crippen LogP contribution in [0.15, 0.2) is 41.6 Å². The van der Waals surface area contributed by atoms with Crippen molar-refractivity contribution in [2.45, 2.75) is 0 Å². The van der Waals surface area contributed by atoms with E-state index >= 15 is 0 Å². The van der Waals surface area contributed by atoms with Gasteiger partial charge >= 0.3 is 0 Å². The van der Waals surface area contributed by atoms with Gasteiger partial charge in [0.25, 0.3) is 0 Å². The van der Waals surface area contributed by atoms with E-state index in [-0.39, 0.29) is 0 Å². The van der Waals surface area contributed by atoms with Gasteiger partial charge in [0.2, 0.25) is 0 Å². The molecule has 0 fully saturated rings. The second-order valence-corrected chi connectivity index (χ2v) is 4.43. The number of nitrogens with zero attached hydrogens (tertiary/aromatic N) is 3. The molecule has 0 amide bonds. The van der Waals surface area contributed by atoms with Gasteiger partial charge < -0.3 is 0 Å². The Bertz CT molecular complexity index is 645. The van der Waals surface area contributed by atoms with Gasteiger partial charge in [0, 0.05) is 6.20 Å². The number of hydrazone groups is 1. The molecule has 0 aliphatic carbocycles. The van der Waals surface area contributed by atoms with Crippen LogP contribution in [0, 0.1) is 11.3 Å². The predicted octanol–water partition coefficient (Wildman–Crippen LogP) is 3.71. The standard InChI is InChI=1S/C13H8Cl2N4/c14-11-5-12(15)13(17-8-11)19-18-7-10-3-1-9(6-16)2-4-10/h1-5,7-8H,(H,17,19)/b18-7-. The lowest BCUT2D eigenvalue weighted by molar-refractivity contribution is 1.23. The summed E-state index contributed by atoms with van der Waals surface area (Å²) in [5.74, 6) is 0.427. The Morgan fingerprint density at radius 1 is 1.26 bits per heavy atom. The molecule has 0 saturated heterocycles. The number of nitriles is 1. The van der Waals surface area contributed by atoms with Crippen LogP contribution >= 0.6 is 23.2 Å². The summed E-state index contributed by atoms with van der Waals surface area (Å²) in [6.07, 6.45) is 3.08. The monoisotopic (exact) mass is 290 g/mol. The van der Waals surface area contributed by atoms with Gasteiger partial charge in [0.1, 0.15) is 0 Å². The quantitative estimate of drug-likeness (QED) is 0.692. The number of hydrogen-bond donors (Lipinski definition) is 1. The van der Waals surface area contributed by atoms with Crippen molar-refractivity contribution in [3.05, 3.63) is 57.7 Å². The van der Waals surface area contributed by atoms with Crippen LogP contribution in [0.1, 0.15) is 11.1 Å². The first-order valence-electron chi connectivity index (χ1n) is 5.29. The van der Waals surface area contributed by atoms with Gasteiger partial charge in [-0.25, -0.2) is 4.98 Å². The first-order chi connectivity index (χ1) is 9.19. The van der Waals surface area contributed by atoms with Crippen molar-refractivity contribution in [2.24, 2.45) is 5.10 Å². The molecule has 1 heterocycles. The molecule has 1 aromatic carbocycles. The fourth-order valence-electron chi connectivity index (χ4n) is 1.31. The maximum atomic E-state index is 8.68. The number of rotatable bonds is 3. The second kappa shape index (κ2) is 6.19. The van der Waals surface area contributed by atoms with E-state index in [2.05, 4.69) is 15.5 Å². The fraction of sp³-hybridized carbons (Fsp3) is 0. The molecule has 0 saturated carbocycles. The zero-order valence-electron chi connectivity index (χ0n) is 9.64. The third-order valence-corrected chi connectivity index (χ3v) is 2.73. The summed E-state index contributed by atoms with van der Waals surface area (Å²) in [6, 6.07) is 10.6. The molecular weight excluding hydrogens is 283 g/mol. The zero-order valence-corrected chi connectivity index (χ0v) is 11.2. The van der Waals surface area contributed by atoms with E-state index < -0.39 is 0 Å². The van der Waals surface area contributed by atoms with Crippen molar-refractivity contribution >= 4 is 35.2 Å². The average Bonchev–Trinajstić information content (AvgIpc) is 2.42. The predicted molar refractivity (Wildman–Crippen MR) is 76.6 cm³/mol. The summed E-state index contributed by atoms with van der Waals surface area (Å²) in [4.78, 5) is 4.00. The Hall–Kier alpha value is -2.09. The van der Waals surface area contributed by atoms with Crippen molar-refractivity contribution in [1.29, 1.82) is 5.26 Å². The molecule has 6 heteroatoms. The minimum absolute atomic E-state index is 0.393. The molecule has 19 heavy (non-hydrogen) atoms. The van der Waals surface area contributed by atoms with E-state index in [9.17, 15) is 0 Å². The molecule has 4 nitrogen and oxygen atoms in total. The molecule has 0 atom stereocenters. The van der Waals surface area contributed by atoms with Crippen molar-refractivity contribution in [3.8, 4) is 6.07 Å². The summed E-state index contributed by atoms with van der Waals surface area (Å²) in [6.45, 7) is 0. The average molecular weight is 291 g/mol. The number of benzene rings is 1. The molecule has 0 unspecified atom stereocenters. The summed E-state index contributed by atoms with van der Waals surface area (Å²) in [5.41, 5.74) is 4.18. The summed E-state index contributed by atoms with van der Waals surface area (Å²) in [7, 11) is 0. The molecule has 0 radical (unpaired) electrons. The number of pyridine rings is 1. The minimum Gasteiger partial charge on any atom is -0.260 e. The first-order valence-corrected chi connectivity index (χ1v) is 6.05. The Labute approximate surface area is 120 Å². The highest BCUT2D eigenvalue weighted by molar-refractivity contribution is 6.35. The topological polar surface area (TPSA) is 61.1 Å². The summed E-state index contributed by atoms with van der Waals surface area (Å²) < 4.78 is 0. The van der Waals surface area contributed by atoms with Crippen LogP contribution in [0.4, 0.5) is 5.82 Å². The third-order valence-electron chi connectivity index (χ3n) is 2.23. The first kappa shape index (κ1) is 13.3. The van der Waals surface area contributed by atoms with Gasteiger partial charge in [-0.1, -0.05) is 35.3 Å². The van der Waals surface area contributed by atoms with Crippen LogP contribution < -0.4 is 5.43 Å². The second-order valence-electron chi connectivity index (χ2n) is 3.59. The maximum absolute atomic E-state index is 8.68. The van der Waals surface area contributed by atoms with Gasteiger partial charge in [-0.05, 0) is 23.8 Å². The number of nitrogens with one attached hydrogen (secondary N) is 1. The number of aromatic nitrogens is 1. The van der Waals surface area contributed by atoms with E-state index in [1.54, 1.807) is 36.5 Å². The highest BCUT2D eigenvalue weighted by Crippen LogP contribution is 2.22. The molecule has 0 bridgehead atoms. The molecule has 0 aliphatic heterocycles. The third kappa shape index (κ3) is 3.68. The Morgan fingerprint density at radius 2 is 2.00 bits per heavy atom. The van der Waals surface area contributed by atoms with Gasteiger partial charge in [-0.2, -0.15) is 10.4 Å². The lowest BCUT2D eigenvalue weighted by Gasteiger charge is -2.01. The van der Waals surface area contributed by atoms with Crippen LogP contribution in [-0.2, 0) is 0 Å². The van der Waals surface area contributed by atoms with Gasteiger partial charge in [-0.3, -0.25) is 5.43 Å². The number of anilines is 1. The normalized spacial score (nSPS) is 10.4. The maximum Gasteiger partial charge on any atom is 0.165 e. The van der Waals surface area contributed by atoms with Crippen LogP contribution in [0.3, 0.4) is 0 Å². The van der Waals surface area contributed by atoms with Crippen molar-refractivity contribution in [2.75, 3.05) is 5.43 Å². The van der Waals surface area contributed by atoms with Crippen LogP contribution in [0.25, 0.3) is 0 Å². The zero-order chi connectivity index (χ0) is 13.7. The molecule has 2 aromatic rings. The van der Waals surface area contributed by atoms with E-state index in [0.29, 0.717) is 21.4 Å². The Balaban J connectivity index is 2.05. The van der Waals surface area contributed by atoms with Crippen LogP contribution in [0.2, 0.25) is 10.0 Å². The lowest BCUT2D eigenvalue weighted by Crippen LogP contribution is -1.94. The van der Waals surface area contributed by atoms with Gasteiger partial charge in [0.15, 0.2) is 5.82 Å². The molecule has 0 aliphatic rings. The van der Waals surface area contributed by atoms with Crippen molar-refractivity contribution < 1.29 is 0 Å². The van der Waals surface area contributed by atoms with E-state index in [4.69, 9.17) is 28.5 Å². The minimum atomic E-state index is 0.393. The van der Waals surface area contributed by atoms with Crippen molar-refractivity contribution in [1.82, 2.24) is 4.98 Å².